The molecule has 1 fully saturated rings. The molecule has 0 aromatic carbocycles. The minimum atomic E-state index is -0.294. The van der Waals surface area contributed by atoms with E-state index in [0.717, 1.165) is 25.7 Å². The van der Waals surface area contributed by atoms with Gasteiger partial charge in [-0.25, -0.2) is 0 Å². The fourth-order valence-electron chi connectivity index (χ4n) is 2.20. The van der Waals surface area contributed by atoms with Crippen molar-refractivity contribution in [2.24, 2.45) is 5.73 Å². The molecule has 2 N–H and O–H groups in total. The zero-order valence-electron chi connectivity index (χ0n) is 10.2. The molecule has 4 heteroatoms. The fraction of sp³-hybridized carbons (Fsp3) is 0.833. The lowest BCUT2D eigenvalue weighted by Gasteiger charge is -2.29. The molecule has 0 bridgehead atoms. The summed E-state index contributed by atoms with van der Waals surface area (Å²) in [6, 6.07) is 2.06. The van der Waals surface area contributed by atoms with Gasteiger partial charge < -0.3 is 10.6 Å². The van der Waals surface area contributed by atoms with Crippen LogP contribution >= 0.6 is 0 Å². The maximum Gasteiger partial charge on any atom is 0.224 e. The molecule has 1 rings (SSSR count). The van der Waals surface area contributed by atoms with Crippen molar-refractivity contribution < 1.29 is 4.79 Å². The Kier molecular flexibility index (Phi) is 4.31. The number of nitriles is 1. The molecule has 1 aliphatic carbocycles. The zero-order valence-corrected chi connectivity index (χ0v) is 10.2. The van der Waals surface area contributed by atoms with Crippen LogP contribution in [0, 0.1) is 11.3 Å². The van der Waals surface area contributed by atoms with E-state index in [9.17, 15) is 4.79 Å². The summed E-state index contributed by atoms with van der Waals surface area (Å²) >= 11 is 0. The van der Waals surface area contributed by atoms with Gasteiger partial charge >= 0.3 is 0 Å². The standard InChI is InChI=1S/C12H21N3O/c1-10(5-8-13)15(2)11(16)9-12(14)6-3-4-7-12/h10H,3-7,9,14H2,1-2H3. The summed E-state index contributed by atoms with van der Waals surface area (Å²) in [5, 5.41) is 8.59. The summed E-state index contributed by atoms with van der Waals surface area (Å²) in [7, 11) is 1.75. The molecule has 1 amide bonds. The molecule has 4 nitrogen and oxygen atoms in total. The minimum absolute atomic E-state index is 0.0255. The van der Waals surface area contributed by atoms with Gasteiger partial charge in [0, 0.05) is 25.0 Å². The first-order chi connectivity index (χ1) is 7.48. The summed E-state index contributed by atoms with van der Waals surface area (Å²) in [6.07, 6.45) is 4.93. The van der Waals surface area contributed by atoms with Crippen molar-refractivity contribution >= 4 is 5.91 Å². The van der Waals surface area contributed by atoms with Crippen molar-refractivity contribution in [3.63, 3.8) is 0 Å². The summed E-state index contributed by atoms with van der Waals surface area (Å²) in [5.74, 6) is 0.0622. The van der Waals surface area contributed by atoms with Gasteiger partial charge in [0.05, 0.1) is 12.5 Å². The molecule has 0 saturated heterocycles. The van der Waals surface area contributed by atoms with E-state index in [1.807, 2.05) is 6.92 Å². The van der Waals surface area contributed by atoms with Gasteiger partial charge in [-0.1, -0.05) is 12.8 Å². The lowest BCUT2D eigenvalue weighted by atomic mass is 9.94. The first-order valence-corrected chi connectivity index (χ1v) is 5.90. The Morgan fingerprint density at radius 2 is 2.12 bits per heavy atom. The number of nitrogens with zero attached hydrogens (tertiary/aromatic N) is 2. The Hall–Kier alpha value is -1.08. The van der Waals surface area contributed by atoms with Crippen LogP contribution in [-0.2, 0) is 4.79 Å². The maximum absolute atomic E-state index is 12.0. The van der Waals surface area contributed by atoms with Crippen LogP contribution in [0.4, 0.5) is 0 Å². The van der Waals surface area contributed by atoms with Gasteiger partial charge in [-0.2, -0.15) is 5.26 Å². The van der Waals surface area contributed by atoms with Crippen molar-refractivity contribution in [3.05, 3.63) is 0 Å². The molecule has 16 heavy (non-hydrogen) atoms. The summed E-state index contributed by atoms with van der Waals surface area (Å²) in [5.41, 5.74) is 5.87. The molecular formula is C12H21N3O. The van der Waals surface area contributed by atoms with Crippen molar-refractivity contribution in [1.82, 2.24) is 4.90 Å². The van der Waals surface area contributed by atoms with Gasteiger partial charge in [0.15, 0.2) is 0 Å². The smallest absolute Gasteiger partial charge is 0.224 e. The van der Waals surface area contributed by atoms with Crippen LogP contribution < -0.4 is 5.73 Å². The third kappa shape index (κ3) is 3.21. The highest BCUT2D eigenvalue weighted by atomic mass is 16.2. The molecule has 0 heterocycles. The monoisotopic (exact) mass is 223 g/mol. The number of carbonyl (C=O) groups excluding carboxylic acids is 1. The highest BCUT2D eigenvalue weighted by Crippen LogP contribution is 2.30. The summed E-state index contributed by atoms with van der Waals surface area (Å²) in [6.45, 7) is 1.89. The van der Waals surface area contributed by atoms with Crippen molar-refractivity contribution in [2.45, 2.75) is 57.0 Å². The quantitative estimate of drug-likeness (QED) is 0.783. The highest BCUT2D eigenvalue weighted by molar-refractivity contribution is 5.77. The van der Waals surface area contributed by atoms with Crippen LogP contribution in [-0.4, -0.2) is 29.4 Å². The van der Waals surface area contributed by atoms with Gasteiger partial charge in [0.1, 0.15) is 0 Å². The van der Waals surface area contributed by atoms with Crippen molar-refractivity contribution in [2.75, 3.05) is 7.05 Å². The second-order valence-corrected chi connectivity index (χ2v) is 4.96. The van der Waals surface area contributed by atoms with Gasteiger partial charge in [-0.05, 0) is 19.8 Å². The number of carbonyl (C=O) groups is 1. The average Bonchev–Trinajstić information content (AvgIpc) is 2.64. The number of amides is 1. The van der Waals surface area contributed by atoms with Gasteiger partial charge in [-0.3, -0.25) is 4.79 Å². The molecular weight excluding hydrogens is 202 g/mol. The molecule has 0 aromatic rings. The Morgan fingerprint density at radius 3 is 2.62 bits per heavy atom. The van der Waals surface area contributed by atoms with Crippen LogP contribution in [0.5, 0.6) is 0 Å². The van der Waals surface area contributed by atoms with Gasteiger partial charge in [0.2, 0.25) is 5.91 Å². The Bertz CT molecular complexity index is 289. The molecule has 0 aliphatic heterocycles. The minimum Gasteiger partial charge on any atom is -0.342 e. The number of hydrogen-bond acceptors (Lipinski definition) is 3. The molecule has 0 spiro atoms. The van der Waals surface area contributed by atoms with E-state index >= 15 is 0 Å². The highest BCUT2D eigenvalue weighted by Gasteiger charge is 2.33. The van der Waals surface area contributed by atoms with E-state index in [1.165, 1.54) is 0 Å². The average molecular weight is 223 g/mol. The van der Waals surface area contributed by atoms with E-state index in [4.69, 9.17) is 11.0 Å². The Labute approximate surface area is 97.4 Å². The van der Waals surface area contributed by atoms with Crippen LogP contribution in [0.15, 0.2) is 0 Å². The van der Waals surface area contributed by atoms with E-state index in [1.54, 1.807) is 11.9 Å². The van der Waals surface area contributed by atoms with Crippen LogP contribution in [0.25, 0.3) is 0 Å². The zero-order chi connectivity index (χ0) is 12.2. The first-order valence-electron chi connectivity index (χ1n) is 5.90. The van der Waals surface area contributed by atoms with Crippen molar-refractivity contribution in [3.8, 4) is 6.07 Å². The van der Waals surface area contributed by atoms with E-state index < -0.39 is 0 Å². The van der Waals surface area contributed by atoms with Gasteiger partial charge in [-0.15, -0.1) is 0 Å². The molecule has 1 saturated carbocycles. The Morgan fingerprint density at radius 1 is 1.56 bits per heavy atom. The van der Waals surface area contributed by atoms with Crippen molar-refractivity contribution in [1.29, 1.82) is 5.26 Å². The molecule has 1 unspecified atom stereocenters. The lowest BCUT2D eigenvalue weighted by Crippen LogP contribution is -2.44. The normalized spacial score (nSPS) is 20.1. The molecule has 90 valence electrons. The first kappa shape index (κ1) is 13.0. The van der Waals surface area contributed by atoms with Gasteiger partial charge in [0.25, 0.3) is 0 Å². The largest absolute Gasteiger partial charge is 0.342 e. The van der Waals surface area contributed by atoms with E-state index in [-0.39, 0.29) is 17.5 Å². The van der Waals surface area contributed by atoms with Crippen LogP contribution in [0.3, 0.4) is 0 Å². The second-order valence-electron chi connectivity index (χ2n) is 4.96. The van der Waals surface area contributed by atoms with E-state index in [0.29, 0.717) is 12.8 Å². The van der Waals surface area contributed by atoms with E-state index in [2.05, 4.69) is 6.07 Å². The topological polar surface area (TPSA) is 70.1 Å². The lowest BCUT2D eigenvalue weighted by molar-refractivity contribution is -0.132. The second kappa shape index (κ2) is 5.31. The molecule has 0 radical (unpaired) electrons. The maximum atomic E-state index is 12.0. The fourth-order valence-corrected chi connectivity index (χ4v) is 2.20. The summed E-state index contributed by atoms with van der Waals surface area (Å²) in [4.78, 5) is 13.6. The molecule has 1 aliphatic rings. The summed E-state index contributed by atoms with van der Waals surface area (Å²) < 4.78 is 0. The predicted octanol–water partition coefficient (Wildman–Crippen LogP) is 1.41. The predicted molar refractivity (Wildman–Crippen MR) is 62.5 cm³/mol. The number of rotatable bonds is 4. The SMILES string of the molecule is CC(CC#N)N(C)C(=O)CC1(N)CCCC1. The number of hydrogen-bond donors (Lipinski definition) is 1. The molecule has 0 aromatic heterocycles. The van der Waals surface area contributed by atoms with Crippen LogP contribution in [0.2, 0.25) is 0 Å². The Balaban J connectivity index is 2.48. The third-order valence-corrected chi connectivity index (χ3v) is 3.54. The third-order valence-electron chi connectivity index (χ3n) is 3.54. The van der Waals surface area contributed by atoms with Crippen LogP contribution in [0.1, 0.15) is 45.4 Å². The molecule has 1 atom stereocenters. The number of nitrogens with two attached hydrogens (primary N) is 1.